The van der Waals surface area contributed by atoms with Gasteiger partial charge >= 0.3 is 5.97 Å². The maximum atomic E-state index is 14.3. The molecule has 10 heteroatoms. The number of benzene rings is 1. The number of imidazole rings is 1. The van der Waals surface area contributed by atoms with Gasteiger partial charge in [-0.3, -0.25) is 0 Å². The zero-order valence-corrected chi connectivity index (χ0v) is 23.2. The lowest BCUT2D eigenvalue weighted by atomic mass is 9.77. The molecule has 3 aliphatic rings. The number of aromatic nitrogens is 3. The van der Waals surface area contributed by atoms with Crippen LogP contribution in [0.25, 0.3) is 10.3 Å². The van der Waals surface area contributed by atoms with Crippen molar-refractivity contribution >= 4 is 27.7 Å². The number of halogens is 1. The van der Waals surface area contributed by atoms with E-state index in [0.29, 0.717) is 28.2 Å². The number of aromatic carboxylic acids is 1. The second-order valence-corrected chi connectivity index (χ2v) is 12.5. The highest BCUT2D eigenvalue weighted by atomic mass is 32.1. The van der Waals surface area contributed by atoms with Gasteiger partial charge in [0.25, 0.3) is 0 Å². The molecule has 3 fully saturated rings. The van der Waals surface area contributed by atoms with Gasteiger partial charge in [-0.05, 0) is 68.2 Å². The highest BCUT2D eigenvalue weighted by Gasteiger charge is 2.57. The summed E-state index contributed by atoms with van der Waals surface area (Å²) in [4.78, 5) is 22.4. The summed E-state index contributed by atoms with van der Waals surface area (Å²) >= 11 is 1.25. The average molecular weight is 573 g/mol. The van der Waals surface area contributed by atoms with Crippen LogP contribution in [0.2, 0.25) is 0 Å². The Balaban J connectivity index is 1.02. The summed E-state index contributed by atoms with van der Waals surface area (Å²) in [7, 11) is 0. The first-order chi connectivity index (χ1) is 19.9. The number of carboxylic acid groups (broad SMARTS) is 1. The van der Waals surface area contributed by atoms with Crippen LogP contribution < -0.4 is 4.74 Å². The van der Waals surface area contributed by atoms with Crippen LogP contribution >= 0.6 is 11.3 Å². The summed E-state index contributed by atoms with van der Waals surface area (Å²) in [5.41, 5.74) is 2.81. The maximum Gasteiger partial charge on any atom is 0.346 e. The minimum Gasteiger partial charge on any atom is -0.477 e. The molecular weight excluding hydrogens is 543 g/mol. The number of ether oxygens (including phenoxy) is 2. The van der Waals surface area contributed by atoms with Crippen LogP contribution in [0.3, 0.4) is 0 Å². The molecule has 1 spiro atoms. The Morgan fingerprint density at radius 1 is 1.22 bits per heavy atom. The summed E-state index contributed by atoms with van der Waals surface area (Å²) in [5, 5.41) is 18.4. The van der Waals surface area contributed by atoms with Crippen LogP contribution in [0.15, 0.2) is 42.5 Å². The van der Waals surface area contributed by atoms with E-state index in [1.165, 1.54) is 17.4 Å². The van der Waals surface area contributed by atoms with Crippen molar-refractivity contribution in [3.8, 4) is 11.9 Å². The minimum atomic E-state index is -0.910. The lowest BCUT2D eigenvalue weighted by Crippen LogP contribution is -2.31. The molecule has 4 heterocycles. The summed E-state index contributed by atoms with van der Waals surface area (Å²) < 4.78 is 28.0. The molecule has 0 amide bonds. The number of rotatable bonds is 8. The predicted molar refractivity (Wildman–Crippen MR) is 150 cm³/mol. The summed E-state index contributed by atoms with van der Waals surface area (Å²) in [6.45, 7) is 1.55. The second kappa shape index (κ2) is 10.2. The van der Waals surface area contributed by atoms with Gasteiger partial charge in [0.2, 0.25) is 5.88 Å². The fraction of sp³-hybridized carbons (Fsp3) is 0.419. The Morgan fingerprint density at radius 3 is 2.76 bits per heavy atom. The Kier molecular flexibility index (Phi) is 6.51. The molecule has 1 aliphatic heterocycles. The maximum absolute atomic E-state index is 14.3. The van der Waals surface area contributed by atoms with E-state index < -0.39 is 11.8 Å². The highest BCUT2D eigenvalue weighted by Crippen LogP contribution is 2.67. The molecule has 0 bridgehead atoms. The van der Waals surface area contributed by atoms with E-state index in [1.54, 1.807) is 24.3 Å². The lowest BCUT2D eigenvalue weighted by molar-refractivity contribution is -0.0590. The van der Waals surface area contributed by atoms with Crippen LogP contribution in [0, 0.1) is 22.6 Å². The van der Waals surface area contributed by atoms with Crippen LogP contribution in [-0.4, -0.2) is 38.3 Å². The van der Waals surface area contributed by atoms with E-state index in [-0.39, 0.29) is 23.7 Å². The van der Waals surface area contributed by atoms with Crippen molar-refractivity contribution < 1.29 is 23.8 Å². The van der Waals surface area contributed by atoms with Gasteiger partial charge in [0, 0.05) is 35.8 Å². The normalized spacial score (nSPS) is 25.1. The third kappa shape index (κ3) is 4.87. The van der Waals surface area contributed by atoms with Crippen molar-refractivity contribution in [1.82, 2.24) is 14.5 Å². The van der Waals surface area contributed by atoms with Crippen molar-refractivity contribution in [2.24, 2.45) is 5.41 Å². The van der Waals surface area contributed by atoms with Crippen LogP contribution in [-0.2, 0) is 17.9 Å². The largest absolute Gasteiger partial charge is 0.477 e. The molecule has 1 unspecified atom stereocenters. The number of hydrogen-bond donors (Lipinski definition) is 1. The molecule has 4 aromatic rings. The molecular formula is C31H29FN4O4S. The van der Waals surface area contributed by atoms with E-state index in [9.17, 15) is 14.3 Å². The Hall–Kier alpha value is -3.81. The van der Waals surface area contributed by atoms with Gasteiger partial charge in [0.1, 0.15) is 28.0 Å². The molecule has 1 saturated heterocycles. The molecule has 0 radical (unpaired) electrons. The third-order valence-corrected chi connectivity index (χ3v) is 10.1. The zero-order valence-electron chi connectivity index (χ0n) is 22.4. The topological polar surface area (TPSA) is 110 Å². The van der Waals surface area contributed by atoms with Crippen molar-refractivity contribution in [2.75, 3.05) is 6.61 Å². The van der Waals surface area contributed by atoms with Gasteiger partial charge < -0.3 is 19.1 Å². The third-order valence-electron chi connectivity index (χ3n) is 9.07. The van der Waals surface area contributed by atoms with Crippen molar-refractivity contribution in [1.29, 1.82) is 5.26 Å². The van der Waals surface area contributed by atoms with Gasteiger partial charge in [-0.25, -0.2) is 19.2 Å². The molecule has 2 saturated carbocycles. The lowest BCUT2D eigenvalue weighted by Gasteiger charge is -2.30. The Morgan fingerprint density at radius 2 is 2.05 bits per heavy atom. The zero-order chi connectivity index (χ0) is 28.1. The summed E-state index contributed by atoms with van der Waals surface area (Å²) in [5.74, 6) is 0.896. The number of nitriles is 1. The van der Waals surface area contributed by atoms with Crippen molar-refractivity contribution in [3.63, 3.8) is 0 Å². The van der Waals surface area contributed by atoms with E-state index >= 15 is 0 Å². The molecule has 1 N–H and O–H groups in total. The first-order valence-corrected chi connectivity index (χ1v) is 14.9. The number of hydrogen-bond acceptors (Lipinski definition) is 7. The molecule has 2 atom stereocenters. The average Bonchev–Trinajstić information content (AvgIpc) is 3.30. The smallest absolute Gasteiger partial charge is 0.346 e. The molecule has 2 aliphatic carbocycles. The number of carboxylic acids is 1. The number of fused-ring (bicyclic) bond motifs is 1. The van der Waals surface area contributed by atoms with Crippen molar-refractivity contribution in [3.05, 3.63) is 75.8 Å². The van der Waals surface area contributed by atoms with Gasteiger partial charge in [-0.1, -0.05) is 12.1 Å². The quantitative estimate of drug-likeness (QED) is 0.260. The Bertz CT molecular complexity index is 1680. The fourth-order valence-corrected chi connectivity index (χ4v) is 7.39. The first kappa shape index (κ1) is 26.1. The van der Waals surface area contributed by atoms with E-state index in [2.05, 4.69) is 4.57 Å². The van der Waals surface area contributed by atoms with Crippen LogP contribution in [0.5, 0.6) is 5.88 Å². The summed E-state index contributed by atoms with van der Waals surface area (Å²) in [6, 6.07) is 13.8. The SMILES string of the molecule is N#Cc1ccc(COc2cccc(C3CCC4(CC3)CC4c3nc4sc(C(=O)O)cc4n3C[C@@H]3CCO3)n2)c(F)c1. The Labute approximate surface area is 240 Å². The monoisotopic (exact) mass is 572 g/mol. The second-order valence-electron chi connectivity index (χ2n) is 11.5. The number of nitrogens with zero attached hydrogens (tertiary/aromatic N) is 4. The minimum absolute atomic E-state index is 0.0490. The first-order valence-electron chi connectivity index (χ1n) is 14.1. The molecule has 7 rings (SSSR count). The molecule has 3 aromatic heterocycles. The van der Waals surface area contributed by atoms with E-state index in [0.717, 1.165) is 73.5 Å². The predicted octanol–water partition coefficient (Wildman–Crippen LogP) is 6.40. The van der Waals surface area contributed by atoms with Crippen LogP contribution in [0.1, 0.15) is 82.7 Å². The van der Waals surface area contributed by atoms with E-state index in [4.69, 9.17) is 24.7 Å². The standard InChI is InChI=1S/C31H29FN4O4S/c32-23-12-18(15-33)4-5-20(23)17-40-27-3-1-2-24(34-27)19-6-9-31(10-7-19)14-22(31)28-35-29-25(13-26(41-29)30(37)38)36(28)16-21-8-11-39-21/h1-5,12-13,19,21-22H,6-11,14,16-17H2,(H,37,38)/t19?,21-,22?,31?/m0/s1. The van der Waals surface area contributed by atoms with E-state index in [1.807, 2.05) is 18.2 Å². The van der Waals surface area contributed by atoms with Gasteiger partial charge in [0.05, 0.1) is 29.8 Å². The van der Waals surface area contributed by atoms with Gasteiger partial charge in [0.15, 0.2) is 0 Å². The van der Waals surface area contributed by atoms with Gasteiger partial charge in [-0.2, -0.15) is 5.26 Å². The number of pyridine rings is 1. The molecule has 8 nitrogen and oxygen atoms in total. The van der Waals surface area contributed by atoms with Crippen molar-refractivity contribution in [2.45, 2.75) is 69.6 Å². The molecule has 41 heavy (non-hydrogen) atoms. The van der Waals surface area contributed by atoms with Crippen LogP contribution in [0.4, 0.5) is 4.39 Å². The van der Waals surface area contributed by atoms with Gasteiger partial charge in [-0.15, -0.1) is 11.3 Å². The summed E-state index contributed by atoms with van der Waals surface area (Å²) in [6.07, 6.45) is 6.53. The number of thiophene rings is 1. The molecule has 1 aromatic carbocycles. The fourth-order valence-electron chi connectivity index (χ4n) is 6.51. The number of carbonyl (C=O) groups is 1. The molecule has 210 valence electrons. The highest BCUT2D eigenvalue weighted by molar-refractivity contribution is 7.20.